The lowest BCUT2D eigenvalue weighted by Gasteiger charge is -2.22. The number of allylic oxidation sites excluding steroid dienone is 6. The minimum Gasteiger partial charge on any atom is -0.466 e. The number of carbonyl (C=O) groups is 2. The summed E-state index contributed by atoms with van der Waals surface area (Å²) in [6.45, 7) is 4.97. The lowest BCUT2D eigenvalue weighted by molar-refractivity contribution is -0.143. The van der Waals surface area contributed by atoms with Gasteiger partial charge in [-0.1, -0.05) is 333 Å². The van der Waals surface area contributed by atoms with E-state index >= 15 is 0 Å². The van der Waals surface area contributed by atoms with E-state index in [9.17, 15) is 19.8 Å². The molecule has 79 heavy (non-hydrogen) atoms. The number of hydrogen-bond acceptors (Lipinski definition) is 5. The van der Waals surface area contributed by atoms with Crippen molar-refractivity contribution in [3.05, 3.63) is 36.5 Å². The molecule has 2 atom stereocenters. The van der Waals surface area contributed by atoms with Crippen molar-refractivity contribution in [2.24, 2.45) is 0 Å². The summed E-state index contributed by atoms with van der Waals surface area (Å²) in [5, 5.41) is 23.4. The molecule has 0 rings (SSSR count). The second-order valence-electron chi connectivity index (χ2n) is 24.6. The largest absolute Gasteiger partial charge is 0.466 e. The molecule has 6 nitrogen and oxygen atoms in total. The minimum atomic E-state index is -0.673. The highest BCUT2D eigenvalue weighted by Crippen LogP contribution is 2.18. The number of rotatable bonds is 67. The van der Waals surface area contributed by atoms with Gasteiger partial charge in [0.15, 0.2) is 0 Å². The van der Waals surface area contributed by atoms with Crippen LogP contribution in [0.2, 0.25) is 0 Å². The van der Waals surface area contributed by atoms with Gasteiger partial charge in [0.05, 0.1) is 25.4 Å². The van der Waals surface area contributed by atoms with Crippen LogP contribution >= 0.6 is 0 Å². The molecule has 1 amide bonds. The van der Waals surface area contributed by atoms with E-state index in [4.69, 9.17) is 4.74 Å². The summed E-state index contributed by atoms with van der Waals surface area (Å²) in [7, 11) is 0. The van der Waals surface area contributed by atoms with Crippen molar-refractivity contribution < 1.29 is 24.5 Å². The van der Waals surface area contributed by atoms with Crippen LogP contribution in [-0.4, -0.2) is 47.4 Å². The second kappa shape index (κ2) is 68.6. The van der Waals surface area contributed by atoms with E-state index in [-0.39, 0.29) is 18.5 Å². The topological polar surface area (TPSA) is 95.9 Å². The third-order valence-electron chi connectivity index (χ3n) is 16.7. The summed E-state index contributed by atoms with van der Waals surface area (Å²) in [6.07, 6.45) is 87.6. The van der Waals surface area contributed by atoms with Crippen molar-refractivity contribution in [2.45, 2.75) is 405 Å². The number of aliphatic hydroxyl groups is 2. The Morgan fingerprint density at radius 2 is 0.633 bits per heavy atom. The summed E-state index contributed by atoms with van der Waals surface area (Å²) in [6, 6.07) is -0.551. The summed E-state index contributed by atoms with van der Waals surface area (Å²) >= 11 is 0. The molecule has 6 heteroatoms. The quantitative estimate of drug-likeness (QED) is 0.0320. The molecule has 466 valence electrons. The Morgan fingerprint density at radius 3 is 0.975 bits per heavy atom. The third-order valence-corrected chi connectivity index (χ3v) is 16.7. The molecule has 0 saturated carbocycles. The van der Waals surface area contributed by atoms with Crippen LogP contribution in [0.25, 0.3) is 0 Å². The summed E-state index contributed by atoms with van der Waals surface area (Å²) in [5.74, 6) is -0.0371. The lowest BCUT2D eigenvalue weighted by Crippen LogP contribution is -2.45. The summed E-state index contributed by atoms with van der Waals surface area (Å²) in [5.41, 5.74) is 0. The molecule has 0 spiro atoms. The second-order valence-corrected chi connectivity index (χ2v) is 24.6. The molecular weight excluding hydrogens is 971 g/mol. The van der Waals surface area contributed by atoms with Gasteiger partial charge >= 0.3 is 5.97 Å². The van der Waals surface area contributed by atoms with E-state index in [1.807, 2.05) is 0 Å². The van der Waals surface area contributed by atoms with Gasteiger partial charge in [-0.3, -0.25) is 9.59 Å². The fraction of sp³-hybridized carbons (Fsp3) is 0.890. The lowest BCUT2D eigenvalue weighted by atomic mass is 10.0. The highest BCUT2D eigenvalue weighted by atomic mass is 16.5. The van der Waals surface area contributed by atoms with E-state index in [2.05, 4.69) is 55.6 Å². The van der Waals surface area contributed by atoms with Crippen LogP contribution in [0.3, 0.4) is 0 Å². The van der Waals surface area contributed by atoms with Crippen molar-refractivity contribution in [3.63, 3.8) is 0 Å². The third kappa shape index (κ3) is 65.1. The highest BCUT2D eigenvalue weighted by molar-refractivity contribution is 5.76. The monoisotopic (exact) mass is 1110 g/mol. The molecule has 0 saturated heterocycles. The highest BCUT2D eigenvalue weighted by Gasteiger charge is 2.20. The number of esters is 1. The van der Waals surface area contributed by atoms with Gasteiger partial charge in [-0.2, -0.15) is 0 Å². The van der Waals surface area contributed by atoms with Gasteiger partial charge in [0, 0.05) is 12.8 Å². The van der Waals surface area contributed by atoms with Crippen molar-refractivity contribution in [1.29, 1.82) is 0 Å². The zero-order valence-corrected chi connectivity index (χ0v) is 53.4. The molecule has 0 bridgehead atoms. The van der Waals surface area contributed by atoms with Crippen LogP contribution < -0.4 is 5.32 Å². The standard InChI is InChI=1S/C73H139NO5/c1-3-5-7-9-11-13-15-17-19-21-22-23-27-30-34-37-41-45-49-53-57-61-65-71(76)70(69-75)74-72(77)66-62-58-54-50-46-42-38-35-31-28-25-24-26-29-32-36-40-44-48-52-56-60-64-68-79-73(78)67-63-59-55-51-47-43-39-33-20-18-16-14-12-10-8-6-4-2/h18,20,24,26,28,31,70-71,75-76H,3-17,19,21-23,25,27,29-30,32-69H2,1-2H3,(H,74,77)/b20-18-,26-24-,31-28-. The normalized spacial score (nSPS) is 12.7. The molecule has 0 fully saturated rings. The molecular formula is C73H139NO5. The van der Waals surface area contributed by atoms with Crippen molar-refractivity contribution >= 4 is 11.9 Å². The molecule has 0 aliphatic carbocycles. The molecule has 0 radical (unpaired) electrons. The maximum atomic E-state index is 12.5. The molecule has 0 aromatic carbocycles. The van der Waals surface area contributed by atoms with Gasteiger partial charge in [-0.05, 0) is 83.5 Å². The van der Waals surface area contributed by atoms with Gasteiger partial charge in [-0.25, -0.2) is 0 Å². The first-order chi connectivity index (χ1) is 39.0. The minimum absolute atomic E-state index is 0.00444. The predicted octanol–water partition coefficient (Wildman–Crippen LogP) is 23.1. The molecule has 3 N–H and O–H groups in total. The van der Waals surface area contributed by atoms with Crippen LogP contribution in [0.15, 0.2) is 36.5 Å². The Hall–Kier alpha value is -1.92. The van der Waals surface area contributed by atoms with Gasteiger partial charge in [0.1, 0.15) is 0 Å². The zero-order valence-electron chi connectivity index (χ0n) is 53.4. The van der Waals surface area contributed by atoms with Crippen LogP contribution in [0.4, 0.5) is 0 Å². The Morgan fingerprint density at radius 1 is 0.354 bits per heavy atom. The molecule has 0 aliphatic rings. The SMILES string of the molecule is CCCCCCCC/C=C\CCCCCCCCCC(=O)OCCCCCCCCCCC/C=C\C/C=C\CCCCCCCCCC(=O)NC(CO)C(O)CCCCCCCCCCCCCCCCCCCCCCCC. The Balaban J connectivity index is 3.44. The summed E-state index contributed by atoms with van der Waals surface area (Å²) in [4.78, 5) is 24.6. The summed E-state index contributed by atoms with van der Waals surface area (Å²) < 4.78 is 5.49. The van der Waals surface area contributed by atoms with Gasteiger partial charge < -0.3 is 20.3 Å². The van der Waals surface area contributed by atoms with E-state index in [0.29, 0.717) is 25.9 Å². The first-order valence-electron chi connectivity index (χ1n) is 35.7. The number of unbranched alkanes of at least 4 members (excludes halogenated alkanes) is 50. The first-order valence-corrected chi connectivity index (χ1v) is 35.7. The van der Waals surface area contributed by atoms with Gasteiger partial charge in [0.25, 0.3) is 0 Å². The number of hydrogen-bond donors (Lipinski definition) is 3. The van der Waals surface area contributed by atoms with E-state index in [1.54, 1.807) is 0 Å². The van der Waals surface area contributed by atoms with Crippen molar-refractivity contribution in [2.75, 3.05) is 13.2 Å². The molecule has 2 unspecified atom stereocenters. The van der Waals surface area contributed by atoms with Crippen molar-refractivity contribution in [1.82, 2.24) is 5.32 Å². The van der Waals surface area contributed by atoms with Crippen LogP contribution in [-0.2, 0) is 14.3 Å². The molecule has 0 aliphatic heterocycles. The van der Waals surface area contributed by atoms with Crippen LogP contribution in [0, 0.1) is 0 Å². The maximum Gasteiger partial charge on any atom is 0.305 e. The number of nitrogens with one attached hydrogen (secondary N) is 1. The Kier molecular flexibility index (Phi) is 66.9. The number of amides is 1. The van der Waals surface area contributed by atoms with Crippen molar-refractivity contribution in [3.8, 4) is 0 Å². The Labute approximate surface area is 494 Å². The van der Waals surface area contributed by atoms with Gasteiger partial charge in [0.2, 0.25) is 5.91 Å². The fourth-order valence-corrected chi connectivity index (χ4v) is 11.2. The molecule has 0 aromatic rings. The number of carbonyl (C=O) groups excluding carboxylic acids is 2. The average molecular weight is 1110 g/mol. The predicted molar refractivity (Wildman–Crippen MR) is 347 cm³/mol. The zero-order chi connectivity index (χ0) is 57.1. The first kappa shape index (κ1) is 77.1. The average Bonchev–Trinajstić information content (AvgIpc) is 3.45. The Bertz CT molecular complexity index is 1280. The van der Waals surface area contributed by atoms with E-state index < -0.39 is 12.1 Å². The number of ether oxygens (including phenoxy) is 1. The van der Waals surface area contributed by atoms with E-state index in [1.165, 1.54) is 302 Å². The molecule has 0 heterocycles. The van der Waals surface area contributed by atoms with E-state index in [0.717, 1.165) is 57.8 Å². The number of aliphatic hydroxyl groups excluding tert-OH is 2. The van der Waals surface area contributed by atoms with Crippen LogP contribution in [0.5, 0.6) is 0 Å². The van der Waals surface area contributed by atoms with Gasteiger partial charge in [-0.15, -0.1) is 0 Å². The van der Waals surface area contributed by atoms with Crippen LogP contribution in [0.1, 0.15) is 393 Å². The maximum absolute atomic E-state index is 12.5. The smallest absolute Gasteiger partial charge is 0.305 e. The fourth-order valence-electron chi connectivity index (χ4n) is 11.2. The molecule has 0 aromatic heterocycles.